The molecule has 0 saturated carbocycles. The van der Waals surface area contributed by atoms with Crippen molar-refractivity contribution in [3.05, 3.63) is 23.8 Å². The first-order valence-corrected chi connectivity index (χ1v) is 10.8. The predicted molar refractivity (Wildman–Crippen MR) is 127 cm³/mol. The molecule has 2 heterocycles. The van der Waals surface area contributed by atoms with Gasteiger partial charge in [0.05, 0.1) is 26.4 Å². The molecule has 2 unspecified atom stereocenters. The summed E-state index contributed by atoms with van der Waals surface area (Å²) in [5, 5.41) is 14.0. The van der Waals surface area contributed by atoms with Crippen LogP contribution in [0, 0.1) is 0 Å². The van der Waals surface area contributed by atoms with E-state index in [4.69, 9.17) is 14.5 Å². The van der Waals surface area contributed by atoms with Gasteiger partial charge in [0.2, 0.25) is 0 Å². The molecule has 1 aromatic rings. The van der Waals surface area contributed by atoms with Crippen molar-refractivity contribution in [2.24, 2.45) is 4.99 Å². The lowest BCUT2D eigenvalue weighted by atomic mass is 9.98. The number of hydrogen-bond acceptors (Lipinski definition) is 5. The van der Waals surface area contributed by atoms with Crippen LogP contribution in [0.15, 0.2) is 23.2 Å². The number of rotatable bonds is 6. The second kappa shape index (κ2) is 10.8. The largest absolute Gasteiger partial charge is 0.497 e. The molecule has 0 aromatic heterocycles. The van der Waals surface area contributed by atoms with Crippen molar-refractivity contribution in [2.75, 3.05) is 51.9 Å². The molecule has 0 radical (unpaired) electrons. The van der Waals surface area contributed by atoms with Crippen molar-refractivity contribution in [2.45, 2.75) is 31.3 Å². The first kappa shape index (κ1) is 23.4. The molecular formula is C20H32IN3O3S. The average Bonchev–Trinajstić information content (AvgIpc) is 3.34. The molecule has 2 fully saturated rings. The number of methoxy groups -OCH3 is 2. The Kier molecular flexibility index (Phi) is 9.01. The lowest BCUT2D eigenvalue weighted by Gasteiger charge is -2.24. The molecule has 0 amide bonds. The van der Waals surface area contributed by atoms with Gasteiger partial charge in [-0.25, -0.2) is 0 Å². The molecule has 2 aliphatic heterocycles. The molecule has 3 rings (SSSR count). The van der Waals surface area contributed by atoms with Crippen LogP contribution in [0.1, 0.15) is 31.2 Å². The summed E-state index contributed by atoms with van der Waals surface area (Å²) >= 11 is 1.81. The smallest absolute Gasteiger partial charge is 0.194 e. The Morgan fingerprint density at radius 3 is 2.61 bits per heavy atom. The first-order valence-electron chi connectivity index (χ1n) is 9.63. The van der Waals surface area contributed by atoms with Crippen LogP contribution in [0.4, 0.5) is 0 Å². The Labute approximate surface area is 189 Å². The van der Waals surface area contributed by atoms with Gasteiger partial charge < -0.3 is 24.8 Å². The van der Waals surface area contributed by atoms with Gasteiger partial charge in [0, 0.05) is 37.4 Å². The minimum Gasteiger partial charge on any atom is -0.497 e. The fourth-order valence-corrected chi connectivity index (χ4v) is 4.94. The monoisotopic (exact) mass is 521 g/mol. The Morgan fingerprint density at radius 1 is 1.32 bits per heavy atom. The lowest BCUT2D eigenvalue weighted by molar-refractivity contribution is 0.0776. The maximum Gasteiger partial charge on any atom is 0.194 e. The Balaban J connectivity index is 0.00000280. The normalized spacial score (nSPS) is 24.8. The Hall–Kier alpha value is -0.870. The lowest BCUT2D eigenvalue weighted by Crippen LogP contribution is -2.42. The summed E-state index contributed by atoms with van der Waals surface area (Å²) in [5.41, 5.74) is 0.584. The summed E-state index contributed by atoms with van der Waals surface area (Å²) in [6.45, 7) is 5.21. The number of guanidine groups is 1. The van der Waals surface area contributed by atoms with Crippen LogP contribution in [-0.4, -0.2) is 73.5 Å². The van der Waals surface area contributed by atoms with E-state index in [2.05, 4.69) is 29.3 Å². The number of nitrogens with one attached hydrogen (secondary N) is 1. The van der Waals surface area contributed by atoms with E-state index < -0.39 is 5.60 Å². The van der Waals surface area contributed by atoms with E-state index in [-0.39, 0.29) is 24.0 Å². The maximum atomic E-state index is 10.6. The van der Waals surface area contributed by atoms with Crippen LogP contribution in [0.5, 0.6) is 11.5 Å². The Morgan fingerprint density at radius 2 is 2.04 bits per heavy atom. The van der Waals surface area contributed by atoms with Crippen molar-refractivity contribution >= 4 is 41.7 Å². The van der Waals surface area contributed by atoms with Crippen molar-refractivity contribution in [1.82, 2.24) is 10.2 Å². The fraction of sp³-hybridized carbons (Fsp3) is 0.650. The van der Waals surface area contributed by atoms with E-state index in [9.17, 15) is 5.11 Å². The first-order chi connectivity index (χ1) is 13.1. The summed E-state index contributed by atoms with van der Waals surface area (Å²) in [4.78, 5) is 7.06. The van der Waals surface area contributed by atoms with Crippen molar-refractivity contribution in [3.8, 4) is 11.5 Å². The minimum absolute atomic E-state index is 0. The second-order valence-corrected chi connectivity index (χ2v) is 8.38. The molecule has 0 spiro atoms. The number of aliphatic imine (C=N–C) groups is 1. The van der Waals surface area contributed by atoms with Crippen molar-refractivity contribution in [1.29, 1.82) is 0 Å². The minimum atomic E-state index is -0.648. The third kappa shape index (κ3) is 5.82. The summed E-state index contributed by atoms with van der Waals surface area (Å²) < 4.78 is 10.8. The predicted octanol–water partition coefficient (Wildman–Crippen LogP) is 2.94. The molecule has 2 saturated heterocycles. The quantitative estimate of drug-likeness (QED) is 0.341. The van der Waals surface area contributed by atoms with E-state index in [1.165, 1.54) is 5.56 Å². The number of aliphatic hydroxyl groups is 1. The zero-order valence-corrected chi connectivity index (χ0v) is 20.1. The molecule has 8 heteroatoms. The molecule has 2 aliphatic rings. The molecule has 2 N–H and O–H groups in total. The van der Waals surface area contributed by atoms with Gasteiger partial charge in [0.25, 0.3) is 0 Å². The number of nitrogens with zero attached hydrogens (tertiary/aromatic N) is 2. The van der Waals surface area contributed by atoms with Crippen LogP contribution >= 0.6 is 35.7 Å². The number of ether oxygens (including phenoxy) is 2. The zero-order valence-electron chi connectivity index (χ0n) is 16.9. The summed E-state index contributed by atoms with van der Waals surface area (Å²) in [6, 6.07) is 6.10. The van der Waals surface area contributed by atoms with E-state index >= 15 is 0 Å². The van der Waals surface area contributed by atoms with E-state index in [0.717, 1.165) is 61.4 Å². The van der Waals surface area contributed by atoms with Crippen molar-refractivity contribution in [3.63, 3.8) is 0 Å². The molecule has 6 nitrogen and oxygen atoms in total. The van der Waals surface area contributed by atoms with E-state index in [0.29, 0.717) is 12.5 Å². The summed E-state index contributed by atoms with van der Waals surface area (Å²) in [6.07, 6.45) is 1.88. The van der Waals surface area contributed by atoms with Gasteiger partial charge >= 0.3 is 0 Å². The third-order valence-electron chi connectivity index (χ3n) is 5.27. The SMILES string of the molecule is CCNC(=NCC1(O)CCSC1)N1CCC(c2cc(OC)cc(OC)c2)C1.I. The average molecular weight is 521 g/mol. The highest BCUT2D eigenvalue weighted by molar-refractivity contribution is 14.0. The number of halogens is 1. The van der Waals surface area contributed by atoms with Crippen LogP contribution in [0.2, 0.25) is 0 Å². The molecular weight excluding hydrogens is 489 g/mol. The van der Waals surface area contributed by atoms with Crippen LogP contribution in [0.3, 0.4) is 0 Å². The highest BCUT2D eigenvalue weighted by atomic mass is 127. The van der Waals surface area contributed by atoms with Gasteiger partial charge in [-0.3, -0.25) is 4.99 Å². The topological polar surface area (TPSA) is 66.3 Å². The van der Waals surface area contributed by atoms with Crippen LogP contribution in [0.25, 0.3) is 0 Å². The molecule has 28 heavy (non-hydrogen) atoms. The van der Waals surface area contributed by atoms with Crippen molar-refractivity contribution < 1.29 is 14.6 Å². The van der Waals surface area contributed by atoms with Gasteiger partial charge in [-0.2, -0.15) is 11.8 Å². The van der Waals surface area contributed by atoms with Crippen LogP contribution in [-0.2, 0) is 0 Å². The molecule has 2 atom stereocenters. The number of benzene rings is 1. The standard InChI is InChI=1S/C20H31N3O3S.HI/c1-4-21-19(22-13-20(24)6-8-27-14-20)23-7-5-15(12-23)16-9-17(25-2)11-18(10-16)26-3;/h9-11,15,24H,4-8,12-14H2,1-3H3,(H,21,22);1H. The molecule has 1 aromatic carbocycles. The maximum absolute atomic E-state index is 10.6. The molecule has 0 aliphatic carbocycles. The van der Waals surface area contributed by atoms with Gasteiger partial charge in [0.1, 0.15) is 11.5 Å². The van der Waals surface area contributed by atoms with Gasteiger partial charge in [-0.05, 0) is 43.2 Å². The third-order valence-corrected chi connectivity index (χ3v) is 6.51. The van der Waals surface area contributed by atoms with Crippen LogP contribution < -0.4 is 14.8 Å². The zero-order chi connectivity index (χ0) is 19.3. The van der Waals surface area contributed by atoms with Gasteiger partial charge in [0.15, 0.2) is 5.96 Å². The molecule has 158 valence electrons. The highest BCUT2D eigenvalue weighted by Crippen LogP contribution is 2.33. The number of likely N-dealkylation sites (tertiary alicyclic amines) is 1. The Bertz CT molecular complexity index is 646. The second-order valence-electron chi connectivity index (χ2n) is 7.27. The van der Waals surface area contributed by atoms with Gasteiger partial charge in [-0.15, -0.1) is 24.0 Å². The van der Waals surface area contributed by atoms with Gasteiger partial charge in [-0.1, -0.05) is 0 Å². The number of hydrogen-bond donors (Lipinski definition) is 2. The van der Waals surface area contributed by atoms with E-state index in [1.54, 1.807) is 26.0 Å². The fourth-order valence-electron chi connectivity index (χ4n) is 3.66. The number of thioether (sulfide) groups is 1. The summed E-state index contributed by atoms with van der Waals surface area (Å²) in [5.74, 6) is 4.76. The molecule has 0 bridgehead atoms. The summed E-state index contributed by atoms with van der Waals surface area (Å²) in [7, 11) is 3.36. The van der Waals surface area contributed by atoms with E-state index in [1.807, 2.05) is 6.07 Å². The highest BCUT2D eigenvalue weighted by Gasteiger charge is 2.32.